The molecule has 0 spiro atoms. The van der Waals surface area contributed by atoms with Gasteiger partial charge in [0.25, 0.3) is 0 Å². The van der Waals surface area contributed by atoms with Crippen molar-refractivity contribution in [3.63, 3.8) is 0 Å². The van der Waals surface area contributed by atoms with E-state index >= 15 is 0 Å². The Hall–Kier alpha value is -1.68. The highest BCUT2D eigenvalue weighted by atomic mass is 15.3. The Balaban J connectivity index is 2.06. The number of rotatable bonds is 1. The smallest absolute Gasteiger partial charge is 0.164 e. The molecule has 0 radical (unpaired) electrons. The van der Waals surface area contributed by atoms with Gasteiger partial charge in [0, 0.05) is 18.7 Å². The first-order chi connectivity index (χ1) is 7.84. The predicted molar refractivity (Wildman–Crippen MR) is 61.9 cm³/mol. The fourth-order valence-electron chi connectivity index (χ4n) is 2.01. The molecule has 4 nitrogen and oxygen atoms in total. The van der Waals surface area contributed by atoms with Crippen LogP contribution in [0.3, 0.4) is 0 Å². The second-order valence-corrected chi connectivity index (χ2v) is 4.13. The molecule has 1 aliphatic heterocycles. The molecule has 0 saturated carbocycles. The van der Waals surface area contributed by atoms with Crippen LogP contribution < -0.4 is 5.32 Å². The second-order valence-electron chi connectivity index (χ2n) is 4.13. The van der Waals surface area contributed by atoms with Crippen LogP contribution in [0.5, 0.6) is 0 Å². The van der Waals surface area contributed by atoms with E-state index in [4.69, 9.17) is 0 Å². The normalized spacial score (nSPS) is 14.8. The monoisotopic (exact) mass is 214 g/mol. The van der Waals surface area contributed by atoms with Crippen LogP contribution in [-0.2, 0) is 13.1 Å². The molecule has 1 aromatic heterocycles. The fourth-order valence-corrected chi connectivity index (χ4v) is 2.01. The molecule has 2 aromatic rings. The van der Waals surface area contributed by atoms with Gasteiger partial charge in [-0.1, -0.05) is 29.8 Å². The minimum atomic E-state index is 0.818. The molecule has 0 fully saturated rings. The van der Waals surface area contributed by atoms with E-state index in [1.165, 1.54) is 5.56 Å². The van der Waals surface area contributed by atoms with Crippen LogP contribution in [0.1, 0.15) is 11.4 Å². The van der Waals surface area contributed by atoms with Crippen molar-refractivity contribution in [3.05, 3.63) is 35.7 Å². The van der Waals surface area contributed by atoms with E-state index in [9.17, 15) is 0 Å². The number of aryl methyl sites for hydroxylation is 1. The molecule has 0 aliphatic carbocycles. The van der Waals surface area contributed by atoms with Gasteiger partial charge in [-0.2, -0.15) is 0 Å². The molecule has 3 rings (SSSR count). The summed E-state index contributed by atoms with van der Waals surface area (Å²) < 4.78 is 2.20. The van der Waals surface area contributed by atoms with Crippen molar-refractivity contribution in [2.75, 3.05) is 6.54 Å². The van der Waals surface area contributed by atoms with Crippen molar-refractivity contribution >= 4 is 0 Å². The van der Waals surface area contributed by atoms with Crippen LogP contribution >= 0.6 is 0 Å². The highest BCUT2D eigenvalue weighted by Crippen LogP contribution is 2.19. The Kier molecular flexibility index (Phi) is 2.22. The van der Waals surface area contributed by atoms with Gasteiger partial charge in [0.1, 0.15) is 5.82 Å². The zero-order chi connectivity index (χ0) is 11.0. The van der Waals surface area contributed by atoms with Gasteiger partial charge in [0.15, 0.2) is 5.82 Å². The molecule has 16 heavy (non-hydrogen) atoms. The lowest BCUT2D eigenvalue weighted by atomic mass is 10.1. The SMILES string of the molecule is Cc1ccc(-c2nnc3n2CCNC3)cc1. The highest BCUT2D eigenvalue weighted by Gasteiger charge is 2.15. The van der Waals surface area contributed by atoms with Gasteiger partial charge in [0.2, 0.25) is 0 Å². The minimum absolute atomic E-state index is 0.818. The summed E-state index contributed by atoms with van der Waals surface area (Å²) in [4.78, 5) is 0. The van der Waals surface area contributed by atoms with Gasteiger partial charge in [-0.15, -0.1) is 10.2 Å². The Bertz CT molecular complexity index is 498. The zero-order valence-corrected chi connectivity index (χ0v) is 9.27. The third kappa shape index (κ3) is 1.51. The number of fused-ring (bicyclic) bond motifs is 1. The lowest BCUT2D eigenvalue weighted by Gasteiger charge is -2.15. The molecule has 0 saturated heterocycles. The van der Waals surface area contributed by atoms with E-state index < -0.39 is 0 Å². The van der Waals surface area contributed by atoms with Gasteiger partial charge >= 0.3 is 0 Å². The van der Waals surface area contributed by atoms with Crippen molar-refractivity contribution < 1.29 is 0 Å². The number of hydrogen-bond acceptors (Lipinski definition) is 3. The van der Waals surface area contributed by atoms with Crippen molar-refractivity contribution in [1.82, 2.24) is 20.1 Å². The first kappa shape index (κ1) is 9.54. The molecule has 0 bridgehead atoms. The Morgan fingerprint density at radius 2 is 2.00 bits per heavy atom. The van der Waals surface area contributed by atoms with Gasteiger partial charge in [-0.05, 0) is 6.92 Å². The van der Waals surface area contributed by atoms with E-state index in [0.29, 0.717) is 0 Å². The van der Waals surface area contributed by atoms with Gasteiger partial charge < -0.3 is 9.88 Å². The molecule has 0 amide bonds. The van der Waals surface area contributed by atoms with Crippen molar-refractivity contribution in [2.24, 2.45) is 0 Å². The molecule has 2 heterocycles. The maximum atomic E-state index is 4.27. The average Bonchev–Trinajstić information content (AvgIpc) is 2.74. The molecule has 4 heteroatoms. The molecule has 1 N–H and O–H groups in total. The summed E-state index contributed by atoms with van der Waals surface area (Å²) in [5.74, 6) is 2.01. The molecular formula is C12H14N4. The lowest BCUT2D eigenvalue weighted by molar-refractivity contribution is 0.508. The van der Waals surface area contributed by atoms with Crippen LogP contribution in [0.15, 0.2) is 24.3 Å². The summed E-state index contributed by atoms with van der Waals surface area (Å²) >= 11 is 0. The number of nitrogens with zero attached hydrogens (tertiary/aromatic N) is 3. The third-order valence-electron chi connectivity index (χ3n) is 2.93. The lowest BCUT2D eigenvalue weighted by Crippen LogP contribution is -2.28. The summed E-state index contributed by atoms with van der Waals surface area (Å²) in [5.41, 5.74) is 2.41. The zero-order valence-electron chi connectivity index (χ0n) is 9.27. The first-order valence-electron chi connectivity index (χ1n) is 5.54. The highest BCUT2D eigenvalue weighted by molar-refractivity contribution is 5.55. The number of hydrogen-bond donors (Lipinski definition) is 1. The molecule has 1 aliphatic rings. The summed E-state index contributed by atoms with van der Waals surface area (Å²) in [6.07, 6.45) is 0. The van der Waals surface area contributed by atoms with E-state index in [-0.39, 0.29) is 0 Å². The summed E-state index contributed by atoms with van der Waals surface area (Å²) in [7, 11) is 0. The predicted octanol–water partition coefficient (Wildman–Crippen LogP) is 1.36. The maximum Gasteiger partial charge on any atom is 0.164 e. The molecule has 82 valence electrons. The Morgan fingerprint density at radius 3 is 2.81 bits per heavy atom. The summed E-state index contributed by atoms with van der Waals surface area (Å²) in [6.45, 7) is 4.85. The molecular weight excluding hydrogens is 200 g/mol. The van der Waals surface area contributed by atoms with Crippen LogP contribution in [0.2, 0.25) is 0 Å². The molecule has 1 aromatic carbocycles. The van der Waals surface area contributed by atoms with E-state index in [0.717, 1.165) is 36.8 Å². The average molecular weight is 214 g/mol. The van der Waals surface area contributed by atoms with E-state index in [2.05, 4.69) is 51.3 Å². The van der Waals surface area contributed by atoms with Gasteiger partial charge in [-0.3, -0.25) is 0 Å². The van der Waals surface area contributed by atoms with Gasteiger partial charge in [0.05, 0.1) is 6.54 Å². The van der Waals surface area contributed by atoms with Crippen LogP contribution in [0.4, 0.5) is 0 Å². The third-order valence-corrected chi connectivity index (χ3v) is 2.93. The van der Waals surface area contributed by atoms with E-state index in [1.807, 2.05) is 0 Å². The Labute approximate surface area is 94.3 Å². The van der Waals surface area contributed by atoms with E-state index in [1.54, 1.807) is 0 Å². The minimum Gasteiger partial charge on any atom is -0.309 e. The number of nitrogens with one attached hydrogen (secondary N) is 1. The number of aromatic nitrogens is 3. The fraction of sp³-hybridized carbons (Fsp3) is 0.333. The quantitative estimate of drug-likeness (QED) is 0.779. The first-order valence-corrected chi connectivity index (χ1v) is 5.54. The van der Waals surface area contributed by atoms with Crippen molar-refractivity contribution in [3.8, 4) is 11.4 Å². The van der Waals surface area contributed by atoms with Crippen LogP contribution in [0, 0.1) is 6.92 Å². The van der Waals surface area contributed by atoms with Crippen LogP contribution in [-0.4, -0.2) is 21.3 Å². The Morgan fingerprint density at radius 1 is 1.19 bits per heavy atom. The maximum absolute atomic E-state index is 4.27. The topological polar surface area (TPSA) is 42.7 Å². The molecule has 0 atom stereocenters. The standard InChI is InChI=1S/C12H14N4/c1-9-2-4-10(5-3-9)12-15-14-11-8-13-6-7-16(11)12/h2-5,13H,6-8H2,1H3. The van der Waals surface area contributed by atoms with Crippen molar-refractivity contribution in [1.29, 1.82) is 0 Å². The van der Waals surface area contributed by atoms with Gasteiger partial charge in [-0.25, -0.2) is 0 Å². The number of benzene rings is 1. The molecule has 0 unspecified atom stereocenters. The van der Waals surface area contributed by atoms with Crippen LogP contribution in [0.25, 0.3) is 11.4 Å². The summed E-state index contributed by atoms with van der Waals surface area (Å²) in [6, 6.07) is 8.43. The largest absolute Gasteiger partial charge is 0.309 e. The van der Waals surface area contributed by atoms with Crippen molar-refractivity contribution in [2.45, 2.75) is 20.0 Å². The summed E-state index contributed by atoms with van der Waals surface area (Å²) in [5, 5.41) is 11.8. The second kappa shape index (κ2) is 3.72.